The van der Waals surface area contributed by atoms with Crippen LogP contribution in [0, 0.1) is 5.82 Å². The molecule has 118 valence electrons. The van der Waals surface area contributed by atoms with Gasteiger partial charge in [0.05, 0.1) is 5.71 Å². The number of nitrogens with one attached hydrogen (secondary N) is 1. The molecule has 0 saturated carbocycles. The van der Waals surface area contributed by atoms with Crippen molar-refractivity contribution in [2.45, 2.75) is 25.9 Å². The van der Waals surface area contributed by atoms with Crippen molar-refractivity contribution in [2.75, 3.05) is 5.32 Å². The first-order valence-corrected chi connectivity index (χ1v) is 7.54. The van der Waals surface area contributed by atoms with E-state index >= 15 is 0 Å². The lowest BCUT2D eigenvalue weighted by Gasteiger charge is -2.10. The Balaban J connectivity index is 1.60. The zero-order valence-corrected chi connectivity index (χ0v) is 12.8. The highest BCUT2D eigenvalue weighted by Crippen LogP contribution is 2.19. The average molecular weight is 312 g/mol. The Morgan fingerprint density at radius 3 is 2.57 bits per heavy atom. The van der Waals surface area contributed by atoms with Crippen LogP contribution < -0.4 is 5.32 Å². The summed E-state index contributed by atoms with van der Waals surface area (Å²) in [7, 11) is 0. The third-order valence-electron chi connectivity index (χ3n) is 3.77. The quantitative estimate of drug-likeness (QED) is 0.939. The van der Waals surface area contributed by atoms with Crippen molar-refractivity contribution in [3.63, 3.8) is 0 Å². The van der Waals surface area contributed by atoms with E-state index < -0.39 is 6.10 Å². The summed E-state index contributed by atoms with van der Waals surface area (Å²) < 4.78 is 12.9. The number of hydrogen-bond donors (Lipinski definition) is 1. The second-order valence-electron chi connectivity index (χ2n) is 5.38. The lowest BCUT2D eigenvalue weighted by Crippen LogP contribution is -2.28. The summed E-state index contributed by atoms with van der Waals surface area (Å²) >= 11 is 0. The van der Waals surface area contributed by atoms with Gasteiger partial charge in [-0.3, -0.25) is 4.79 Å². The maximum Gasteiger partial charge on any atom is 0.268 e. The highest BCUT2D eigenvalue weighted by Gasteiger charge is 2.28. The van der Waals surface area contributed by atoms with Gasteiger partial charge in [-0.1, -0.05) is 36.3 Å². The van der Waals surface area contributed by atoms with Crippen molar-refractivity contribution in [2.24, 2.45) is 5.16 Å². The molecule has 0 radical (unpaired) electrons. The van der Waals surface area contributed by atoms with Crippen LogP contribution in [0.2, 0.25) is 0 Å². The highest BCUT2D eigenvalue weighted by molar-refractivity contribution is 6.06. The van der Waals surface area contributed by atoms with Crippen molar-refractivity contribution in [3.8, 4) is 0 Å². The molecule has 0 bridgehead atoms. The Labute approximate surface area is 134 Å². The number of aryl methyl sites for hydroxylation is 1. The van der Waals surface area contributed by atoms with Gasteiger partial charge in [-0.05, 0) is 41.8 Å². The predicted octanol–water partition coefficient (Wildman–Crippen LogP) is 3.52. The molecule has 1 atom stereocenters. The van der Waals surface area contributed by atoms with Gasteiger partial charge in [-0.25, -0.2) is 4.39 Å². The molecule has 0 aliphatic carbocycles. The molecule has 1 aliphatic rings. The first-order chi connectivity index (χ1) is 11.2. The number of nitrogens with zero attached hydrogens (tertiary/aromatic N) is 1. The maximum absolute atomic E-state index is 12.9. The minimum atomic E-state index is -0.666. The van der Waals surface area contributed by atoms with Crippen LogP contribution in [0.5, 0.6) is 0 Å². The lowest BCUT2D eigenvalue weighted by atomic mass is 10.0. The molecule has 4 nitrogen and oxygen atoms in total. The minimum absolute atomic E-state index is 0.241. The molecule has 0 aromatic heterocycles. The first-order valence-electron chi connectivity index (χ1n) is 7.54. The Kier molecular flexibility index (Phi) is 4.37. The third-order valence-corrected chi connectivity index (χ3v) is 3.77. The number of benzene rings is 2. The van der Waals surface area contributed by atoms with Crippen LogP contribution in [-0.4, -0.2) is 17.7 Å². The van der Waals surface area contributed by atoms with Crippen molar-refractivity contribution >= 4 is 17.3 Å². The van der Waals surface area contributed by atoms with E-state index in [0.717, 1.165) is 17.7 Å². The van der Waals surface area contributed by atoms with E-state index in [1.165, 1.54) is 17.7 Å². The molecule has 1 heterocycles. The summed E-state index contributed by atoms with van der Waals surface area (Å²) in [4.78, 5) is 17.4. The van der Waals surface area contributed by atoms with E-state index in [2.05, 4.69) is 17.4 Å². The monoisotopic (exact) mass is 312 g/mol. The lowest BCUT2D eigenvalue weighted by molar-refractivity contribution is -0.125. The molecule has 1 N–H and O–H groups in total. The van der Waals surface area contributed by atoms with Crippen LogP contribution in [0.15, 0.2) is 53.7 Å². The van der Waals surface area contributed by atoms with Gasteiger partial charge in [0.25, 0.3) is 5.91 Å². The van der Waals surface area contributed by atoms with Gasteiger partial charge in [-0.15, -0.1) is 0 Å². The molecule has 0 spiro atoms. The molecule has 1 amide bonds. The van der Waals surface area contributed by atoms with Crippen LogP contribution in [0.3, 0.4) is 0 Å². The summed E-state index contributed by atoms with van der Waals surface area (Å²) in [5.74, 6) is -0.548. The minimum Gasteiger partial charge on any atom is -0.382 e. The number of rotatable bonds is 4. The molecular weight excluding hydrogens is 295 g/mol. The molecule has 0 unspecified atom stereocenters. The van der Waals surface area contributed by atoms with Gasteiger partial charge in [0, 0.05) is 12.1 Å². The Hall–Kier alpha value is -2.69. The van der Waals surface area contributed by atoms with Crippen LogP contribution >= 0.6 is 0 Å². The zero-order valence-electron chi connectivity index (χ0n) is 12.8. The van der Waals surface area contributed by atoms with Gasteiger partial charge in [0.15, 0.2) is 0 Å². The van der Waals surface area contributed by atoms with Crippen LogP contribution in [0.1, 0.15) is 24.5 Å². The van der Waals surface area contributed by atoms with Crippen molar-refractivity contribution in [1.82, 2.24) is 0 Å². The number of carbonyl (C=O) groups is 1. The third kappa shape index (κ3) is 3.56. The fourth-order valence-electron chi connectivity index (χ4n) is 2.38. The summed E-state index contributed by atoms with van der Waals surface area (Å²) in [6.45, 7) is 2.08. The van der Waals surface area contributed by atoms with Crippen molar-refractivity contribution in [3.05, 3.63) is 65.5 Å². The number of hydrogen-bond acceptors (Lipinski definition) is 3. The van der Waals surface area contributed by atoms with E-state index in [0.29, 0.717) is 12.1 Å². The summed E-state index contributed by atoms with van der Waals surface area (Å²) in [5, 5.41) is 6.76. The van der Waals surface area contributed by atoms with E-state index in [4.69, 9.17) is 4.84 Å². The molecule has 0 saturated heterocycles. The van der Waals surface area contributed by atoms with E-state index in [1.54, 1.807) is 12.1 Å². The molecule has 2 aromatic rings. The van der Waals surface area contributed by atoms with Crippen molar-refractivity contribution < 1.29 is 14.0 Å². The summed E-state index contributed by atoms with van der Waals surface area (Å²) in [6, 6.07) is 13.7. The summed E-state index contributed by atoms with van der Waals surface area (Å²) in [6.07, 6.45) is 0.653. The molecule has 0 fully saturated rings. The van der Waals surface area contributed by atoms with Gasteiger partial charge in [0.1, 0.15) is 5.82 Å². The number of amides is 1. The van der Waals surface area contributed by atoms with Gasteiger partial charge < -0.3 is 10.2 Å². The van der Waals surface area contributed by atoms with Gasteiger partial charge >= 0.3 is 0 Å². The van der Waals surface area contributed by atoms with Crippen LogP contribution in [0.25, 0.3) is 0 Å². The number of carbonyl (C=O) groups excluding carboxylic acids is 1. The first kappa shape index (κ1) is 15.2. The molecule has 23 heavy (non-hydrogen) atoms. The Morgan fingerprint density at radius 2 is 1.91 bits per heavy atom. The maximum atomic E-state index is 12.9. The zero-order chi connectivity index (χ0) is 16.2. The van der Waals surface area contributed by atoms with Crippen LogP contribution in [-0.2, 0) is 16.1 Å². The van der Waals surface area contributed by atoms with Crippen LogP contribution in [0.4, 0.5) is 10.1 Å². The second-order valence-corrected chi connectivity index (χ2v) is 5.38. The molecule has 3 rings (SSSR count). The summed E-state index contributed by atoms with van der Waals surface area (Å²) in [5.41, 5.74) is 3.34. The highest BCUT2D eigenvalue weighted by atomic mass is 19.1. The Morgan fingerprint density at radius 1 is 1.22 bits per heavy atom. The van der Waals surface area contributed by atoms with E-state index in [-0.39, 0.29) is 11.7 Å². The SMILES string of the molecule is CCc1ccc(NC(=O)[C@@H]2CC(c3ccc(F)cc3)=NO2)cc1. The number of anilines is 1. The van der Waals surface area contributed by atoms with Crippen molar-refractivity contribution in [1.29, 1.82) is 0 Å². The largest absolute Gasteiger partial charge is 0.382 e. The number of halogens is 1. The molecular formula is C18H17FN2O2. The molecule has 5 heteroatoms. The molecule has 2 aromatic carbocycles. The average Bonchev–Trinajstić information content (AvgIpc) is 3.06. The van der Waals surface area contributed by atoms with Gasteiger partial charge in [0.2, 0.25) is 6.10 Å². The molecule has 1 aliphatic heterocycles. The normalized spacial score (nSPS) is 16.6. The van der Waals surface area contributed by atoms with E-state index in [9.17, 15) is 9.18 Å². The predicted molar refractivity (Wildman–Crippen MR) is 86.9 cm³/mol. The fourth-order valence-corrected chi connectivity index (χ4v) is 2.38. The Bertz CT molecular complexity index is 724. The second kappa shape index (κ2) is 6.60. The number of oxime groups is 1. The van der Waals surface area contributed by atoms with E-state index in [1.807, 2.05) is 24.3 Å². The smallest absolute Gasteiger partial charge is 0.268 e. The topological polar surface area (TPSA) is 50.7 Å². The van der Waals surface area contributed by atoms with Gasteiger partial charge in [-0.2, -0.15) is 0 Å². The standard InChI is InChI=1S/C18H17FN2O2/c1-2-12-3-9-15(10-4-12)20-18(22)17-11-16(21-23-17)13-5-7-14(19)8-6-13/h3-10,17H,2,11H2,1H3,(H,20,22)/t17-/m0/s1. The fraction of sp³-hybridized carbons (Fsp3) is 0.222.